The van der Waals surface area contributed by atoms with Gasteiger partial charge in [0, 0.05) is 12.4 Å². The average Bonchev–Trinajstić information content (AvgIpc) is 3.05. The minimum atomic E-state index is -0.210. The maximum absolute atomic E-state index is 12.6. The molecule has 1 aliphatic rings. The number of para-hydroxylation sites is 3. The number of furan rings is 1. The van der Waals surface area contributed by atoms with E-state index in [1.165, 1.54) is 0 Å². The van der Waals surface area contributed by atoms with Crippen molar-refractivity contribution in [3.8, 4) is 11.5 Å². The fourth-order valence-electron chi connectivity index (χ4n) is 2.82. The van der Waals surface area contributed by atoms with E-state index in [0.29, 0.717) is 30.2 Å². The molecule has 2 aromatic carbocycles. The molecule has 3 aromatic rings. The van der Waals surface area contributed by atoms with Crippen molar-refractivity contribution in [3.05, 3.63) is 60.4 Å². The maximum atomic E-state index is 12.6. The summed E-state index contributed by atoms with van der Waals surface area (Å²) in [4.78, 5) is 14.2. The van der Waals surface area contributed by atoms with E-state index >= 15 is 0 Å². The molecule has 0 N–H and O–H groups in total. The summed E-state index contributed by atoms with van der Waals surface area (Å²) in [5, 5.41) is 0.917. The number of likely N-dealkylation sites (N-methyl/N-ethyl adjacent to an activating group) is 1. The van der Waals surface area contributed by atoms with Crippen LogP contribution in [-0.4, -0.2) is 37.1 Å². The predicted octanol–water partition coefficient (Wildman–Crippen LogP) is 3.34. The number of amides is 1. The molecule has 1 aliphatic heterocycles. The van der Waals surface area contributed by atoms with Gasteiger partial charge >= 0.3 is 0 Å². The molecule has 0 saturated heterocycles. The first-order valence-electron chi connectivity index (χ1n) is 7.83. The summed E-state index contributed by atoms with van der Waals surface area (Å²) in [5.41, 5.74) is 0.709. The first-order chi connectivity index (χ1) is 11.7. The Bertz CT molecular complexity index is 853. The summed E-state index contributed by atoms with van der Waals surface area (Å²) >= 11 is 0. The SMILES string of the molecule is CN(CC1COc2ccccc2O1)C(=O)c1cc2ccccc2o1. The number of hydrogen-bond acceptors (Lipinski definition) is 4. The lowest BCUT2D eigenvalue weighted by atomic mass is 10.2. The van der Waals surface area contributed by atoms with Gasteiger partial charge in [0.2, 0.25) is 0 Å². The molecule has 0 radical (unpaired) electrons. The van der Waals surface area contributed by atoms with Crippen molar-refractivity contribution in [3.63, 3.8) is 0 Å². The number of ether oxygens (including phenoxy) is 2. The minimum absolute atomic E-state index is 0.173. The molecule has 122 valence electrons. The van der Waals surface area contributed by atoms with Gasteiger partial charge in [-0.05, 0) is 24.3 Å². The quantitative estimate of drug-likeness (QED) is 0.742. The molecule has 0 spiro atoms. The van der Waals surface area contributed by atoms with Gasteiger partial charge in [0.05, 0.1) is 6.54 Å². The fraction of sp³-hybridized carbons (Fsp3) is 0.211. The smallest absolute Gasteiger partial charge is 0.289 e. The van der Waals surface area contributed by atoms with Crippen molar-refractivity contribution in [2.24, 2.45) is 0 Å². The lowest BCUT2D eigenvalue weighted by Crippen LogP contribution is -2.41. The third-order valence-corrected chi connectivity index (χ3v) is 4.03. The molecule has 1 atom stereocenters. The summed E-state index contributed by atoms with van der Waals surface area (Å²) < 4.78 is 17.2. The van der Waals surface area contributed by atoms with Crippen LogP contribution in [0.25, 0.3) is 11.0 Å². The molecule has 2 heterocycles. The summed E-state index contributed by atoms with van der Waals surface area (Å²) in [7, 11) is 1.74. The molecule has 0 saturated carbocycles. The highest BCUT2D eigenvalue weighted by atomic mass is 16.6. The van der Waals surface area contributed by atoms with Gasteiger partial charge in [-0.1, -0.05) is 30.3 Å². The number of nitrogens with zero attached hydrogens (tertiary/aromatic N) is 1. The number of fused-ring (bicyclic) bond motifs is 2. The van der Waals surface area contributed by atoms with Gasteiger partial charge in [-0.3, -0.25) is 4.79 Å². The van der Waals surface area contributed by atoms with Crippen LogP contribution in [0.5, 0.6) is 11.5 Å². The second-order valence-corrected chi connectivity index (χ2v) is 5.83. The van der Waals surface area contributed by atoms with E-state index in [0.717, 1.165) is 11.1 Å². The minimum Gasteiger partial charge on any atom is -0.486 e. The molecular formula is C19H17NO4. The molecule has 5 heteroatoms. The van der Waals surface area contributed by atoms with E-state index in [9.17, 15) is 4.79 Å². The van der Waals surface area contributed by atoms with Crippen LogP contribution in [0.3, 0.4) is 0 Å². The van der Waals surface area contributed by atoms with Crippen LogP contribution in [0.2, 0.25) is 0 Å². The van der Waals surface area contributed by atoms with Gasteiger partial charge < -0.3 is 18.8 Å². The summed E-state index contributed by atoms with van der Waals surface area (Å²) in [6.45, 7) is 0.832. The third kappa shape index (κ3) is 2.69. The van der Waals surface area contributed by atoms with Crippen molar-refractivity contribution >= 4 is 16.9 Å². The van der Waals surface area contributed by atoms with Crippen molar-refractivity contribution in [2.45, 2.75) is 6.10 Å². The number of hydrogen-bond donors (Lipinski definition) is 0. The van der Waals surface area contributed by atoms with E-state index in [1.54, 1.807) is 18.0 Å². The number of benzene rings is 2. The number of carbonyl (C=O) groups is 1. The van der Waals surface area contributed by atoms with E-state index in [-0.39, 0.29) is 12.0 Å². The molecular weight excluding hydrogens is 306 g/mol. The van der Waals surface area contributed by atoms with Crippen molar-refractivity contribution in [1.82, 2.24) is 4.90 Å². The van der Waals surface area contributed by atoms with Crippen molar-refractivity contribution < 1.29 is 18.7 Å². The lowest BCUT2D eigenvalue weighted by Gasteiger charge is -2.29. The molecule has 1 aromatic heterocycles. The predicted molar refractivity (Wildman–Crippen MR) is 89.5 cm³/mol. The van der Waals surface area contributed by atoms with Crippen LogP contribution in [-0.2, 0) is 0 Å². The average molecular weight is 323 g/mol. The van der Waals surface area contributed by atoms with Crippen LogP contribution in [0.1, 0.15) is 10.6 Å². The first-order valence-corrected chi connectivity index (χ1v) is 7.83. The van der Waals surface area contributed by atoms with Gasteiger partial charge in [-0.2, -0.15) is 0 Å². The highest BCUT2D eigenvalue weighted by Gasteiger charge is 2.25. The Morgan fingerprint density at radius 3 is 2.71 bits per heavy atom. The molecule has 1 unspecified atom stereocenters. The summed E-state index contributed by atoms with van der Waals surface area (Å²) in [6, 6.07) is 16.9. The normalized spacial score (nSPS) is 16.1. The van der Waals surface area contributed by atoms with Gasteiger partial charge in [-0.15, -0.1) is 0 Å². The van der Waals surface area contributed by atoms with E-state index < -0.39 is 0 Å². The Labute approximate surface area is 139 Å². The highest BCUT2D eigenvalue weighted by molar-refractivity contribution is 5.95. The van der Waals surface area contributed by atoms with Gasteiger partial charge in [0.15, 0.2) is 23.4 Å². The van der Waals surface area contributed by atoms with Gasteiger partial charge in [0.25, 0.3) is 5.91 Å². The molecule has 1 amide bonds. The Hall–Kier alpha value is -2.95. The highest BCUT2D eigenvalue weighted by Crippen LogP contribution is 2.31. The Morgan fingerprint density at radius 2 is 1.88 bits per heavy atom. The second-order valence-electron chi connectivity index (χ2n) is 5.83. The molecule has 0 fully saturated rings. The maximum Gasteiger partial charge on any atom is 0.289 e. The van der Waals surface area contributed by atoms with E-state index in [4.69, 9.17) is 13.9 Å². The zero-order valence-electron chi connectivity index (χ0n) is 13.3. The van der Waals surface area contributed by atoms with E-state index in [2.05, 4.69) is 0 Å². The molecule has 4 rings (SSSR count). The molecule has 5 nitrogen and oxygen atoms in total. The van der Waals surface area contributed by atoms with Crippen LogP contribution in [0.15, 0.2) is 59.0 Å². The van der Waals surface area contributed by atoms with Crippen LogP contribution in [0, 0.1) is 0 Å². The van der Waals surface area contributed by atoms with Crippen LogP contribution >= 0.6 is 0 Å². The number of carbonyl (C=O) groups excluding carboxylic acids is 1. The summed E-state index contributed by atoms with van der Waals surface area (Å²) in [6.07, 6.45) is -0.210. The van der Waals surface area contributed by atoms with Crippen LogP contribution < -0.4 is 9.47 Å². The Morgan fingerprint density at radius 1 is 1.12 bits per heavy atom. The summed E-state index contributed by atoms with van der Waals surface area (Å²) in [5.74, 6) is 1.60. The molecule has 0 aliphatic carbocycles. The van der Waals surface area contributed by atoms with Crippen LogP contribution in [0.4, 0.5) is 0 Å². The lowest BCUT2D eigenvalue weighted by molar-refractivity contribution is 0.0503. The van der Waals surface area contributed by atoms with Crippen molar-refractivity contribution in [1.29, 1.82) is 0 Å². The first kappa shape index (κ1) is 14.6. The van der Waals surface area contributed by atoms with E-state index in [1.807, 2.05) is 48.5 Å². The van der Waals surface area contributed by atoms with Crippen molar-refractivity contribution in [2.75, 3.05) is 20.2 Å². The molecule has 24 heavy (non-hydrogen) atoms. The Balaban J connectivity index is 1.46. The third-order valence-electron chi connectivity index (χ3n) is 4.03. The molecule has 0 bridgehead atoms. The van der Waals surface area contributed by atoms with Gasteiger partial charge in [-0.25, -0.2) is 0 Å². The standard InChI is InChI=1S/C19H17NO4/c1-20(11-14-12-22-16-8-4-5-9-17(16)23-14)19(21)18-10-13-6-2-3-7-15(13)24-18/h2-10,14H,11-12H2,1H3. The monoisotopic (exact) mass is 323 g/mol. The zero-order valence-corrected chi connectivity index (χ0v) is 13.3. The largest absolute Gasteiger partial charge is 0.486 e. The second kappa shape index (κ2) is 5.92. The van der Waals surface area contributed by atoms with Gasteiger partial charge in [0.1, 0.15) is 12.2 Å². The fourth-order valence-corrected chi connectivity index (χ4v) is 2.82. The zero-order chi connectivity index (χ0) is 16.5. The topological polar surface area (TPSA) is 51.9 Å². The Kier molecular flexibility index (Phi) is 3.61. The number of rotatable bonds is 3.